The predicted octanol–water partition coefficient (Wildman–Crippen LogP) is 2.09. The highest BCUT2D eigenvalue weighted by atomic mass is 16.2. The van der Waals surface area contributed by atoms with Crippen LogP contribution in [0.15, 0.2) is 48.8 Å². The van der Waals surface area contributed by atoms with E-state index in [2.05, 4.69) is 10.3 Å². The summed E-state index contributed by atoms with van der Waals surface area (Å²) in [5.41, 5.74) is 2.12. The highest BCUT2D eigenvalue weighted by molar-refractivity contribution is 6.06. The van der Waals surface area contributed by atoms with Gasteiger partial charge in [-0.2, -0.15) is 0 Å². The van der Waals surface area contributed by atoms with Gasteiger partial charge in [-0.05, 0) is 18.2 Å². The van der Waals surface area contributed by atoms with Crippen LogP contribution in [0.2, 0.25) is 0 Å². The van der Waals surface area contributed by atoms with Crippen molar-refractivity contribution in [1.82, 2.24) is 14.9 Å². The molecule has 0 spiro atoms. The number of nitrogens with one attached hydrogen (secondary N) is 2. The Labute approximate surface area is 114 Å². The molecule has 0 saturated heterocycles. The Morgan fingerprint density at radius 1 is 1.05 bits per heavy atom. The largest absolute Gasteiger partial charge is 0.361 e. The summed E-state index contributed by atoms with van der Waals surface area (Å²) in [6, 6.07) is 10.4. The molecule has 0 bridgehead atoms. The van der Waals surface area contributed by atoms with Crippen molar-refractivity contribution in [2.24, 2.45) is 0 Å². The van der Waals surface area contributed by atoms with Crippen LogP contribution < -0.4 is 5.32 Å². The smallest absolute Gasteiger partial charge is 0.269 e. The van der Waals surface area contributed by atoms with E-state index in [0.29, 0.717) is 5.69 Å². The first kappa shape index (κ1) is 11.0. The third kappa shape index (κ3) is 1.37. The van der Waals surface area contributed by atoms with Crippen LogP contribution in [0.5, 0.6) is 0 Å². The predicted molar refractivity (Wildman–Crippen MR) is 73.6 cm³/mol. The first-order chi connectivity index (χ1) is 9.75. The number of carbonyl (C=O) groups excluding carboxylic acids is 2. The number of fused-ring (bicyclic) bond motifs is 2. The number of amides is 1. The van der Waals surface area contributed by atoms with Crippen molar-refractivity contribution in [3.8, 4) is 0 Å². The third-order valence-corrected chi connectivity index (χ3v) is 3.67. The van der Waals surface area contributed by atoms with Crippen LogP contribution in [0.25, 0.3) is 10.9 Å². The number of H-pyrrole nitrogens is 1. The van der Waals surface area contributed by atoms with E-state index < -0.39 is 6.04 Å². The first-order valence-electron chi connectivity index (χ1n) is 6.34. The molecule has 1 amide bonds. The molecule has 0 radical (unpaired) electrons. The summed E-state index contributed by atoms with van der Waals surface area (Å²) >= 11 is 0. The monoisotopic (exact) mass is 265 g/mol. The van der Waals surface area contributed by atoms with Crippen LogP contribution in [0.3, 0.4) is 0 Å². The number of hydrogen-bond donors (Lipinski definition) is 2. The molecule has 1 aliphatic heterocycles. The molecular weight excluding hydrogens is 254 g/mol. The summed E-state index contributed by atoms with van der Waals surface area (Å²) in [5, 5.41) is 3.72. The topological polar surface area (TPSA) is 66.9 Å². The molecular formula is C15H11N3O2. The molecule has 1 unspecified atom stereocenters. The lowest BCUT2D eigenvalue weighted by molar-refractivity contribution is 0.0751. The fourth-order valence-electron chi connectivity index (χ4n) is 2.71. The number of rotatable bonds is 1. The number of carbonyl (C=O) groups is 2. The third-order valence-electron chi connectivity index (χ3n) is 3.67. The van der Waals surface area contributed by atoms with Crippen LogP contribution in [-0.2, 0) is 0 Å². The maximum Gasteiger partial charge on any atom is 0.269 e. The lowest BCUT2D eigenvalue weighted by Gasteiger charge is -2.23. The Morgan fingerprint density at radius 3 is 2.80 bits per heavy atom. The molecule has 2 aromatic heterocycles. The summed E-state index contributed by atoms with van der Waals surface area (Å²) in [7, 11) is 0. The van der Waals surface area contributed by atoms with Crippen LogP contribution in [-0.4, -0.2) is 21.4 Å². The maximum absolute atomic E-state index is 12.5. The molecule has 2 N–H and O–H groups in total. The van der Waals surface area contributed by atoms with Gasteiger partial charge in [0.25, 0.3) is 11.8 Å². The van der Waals surface area contributed by atoms with Gasteiger partial charge in [0.15, 0.2) is 0 Å². The zero-order chi connectivity index (χ0) is 13.7. The molecule has 4 rings (SSSR count). The summed E-state index contributed by atoms with van der Waals surface area (Å²) in [5.74, 6) is -0.376. The Balaban J connectivity index is 1.88. The van der Waals surface area contributed by atoms with Gasteiger partial charge in [0.1, 0.15) is 11.7 Å². The number of aromatic amines is 1. The minimum Gasteiger partial charge on any atom is -0.361 e. The Hall–Kier alpha value is -2.82. The molecule has 98 valence electrons. The minimum atomic E-state index is -0.654. The summed E-state index contributed by atoms with van der Waals surface area (Å²) in [6.07, 6.45) is 3.40. The van der Waals surface area contributed by atoms with Crippen molar-refractivity contribution in [1.29, 1.82) is 0 Å². The van der Waals surface area contributed by atoms with Crippen LogP contribution in [0.4, 0.5) is 0 Å². The summed E-state index contributed by atoms with van der Waals surface area (Å²) in [4.78, 5) is 27.7. The Kier molecular flexibility index (Phi) is 2.12. The molecule has 1 aromatic carbocycles. The Morgan fingerprint density at radius 2 is 1.90 bits per heavy atom. The van der Waals surface area contributed by atoms with Gasteiger partial charge in [0.2, 0.25) is 0 Å². The van der Waals surface area contributed by atoms with E-state index in [-0.39, 0.29) is 11.8 Å². The van der Waals surface area contributed by atoms with Crippen molar-refractivity contribution < 1.29 is 9.59 Å². The van der Waals surface area contributed by atoms with Gasteiger partial charge in [-0.15, -0.1) is 0 Å². The standard InChI is InChI=1S/C15H11N3O2/c19-14-12-6-3-7-18(12)15(20)13(17-14)10-8-16-11-5-2-1-4-9(10)11/h1-8,13,16H,(H,17,19). The van der Waals surface area contributed by atoms with Crippen LogP contribution >= 0.6 is 0 Å². The van der Waals surface area contributed by atoms with Gasteiger partial charge in [-0.25, -0.2) is 0 Å². The molecule has 3 aromatic rings. The zero-order valence-corrected chi connectivity index (χ0v) is 10.5. The molecule has 0 aliphatic carbocycles. The van der Waals surface area contributed by atoms with Gasteiger partial charge < -0.3 is 10.3 Å². The van der Waals surface area contributed by atoms with Crippen molar-refractivity contribution in [3.63, 3.8) is 0 Å². The lowest BCUT2D eigenvalue weighted by Crippen LogP contribution is -2.43. The molecule has 20 heavy (non-hydrogen) atoms. The molecule has 1 aliphatic rings. The van der Waals surface area contributed by atoms with E-state index in [9.17, 15) is 9.59 Å². The minimum absolute atomic E-state index is 0.144. The highest BCUT2D eigenvalue weighted by Gasteiger charge is 2.33. The van der Waals surface area contributed by atoms with E-state index in [1.807, 2.05) is 24.3 Å². The zero-order valence-electron chi connectivity index (χ0n) is 10.5. The van der Waals surface area contributed by atoms with Crippen molar-refractivity contribution in [2.45, 2.75) is 6.04 Å². The SMILES string of the molecule is O=C1NC(c2c[nH]c3ccccc23)C(=O)n2cccc21. The lowest BCUT2D eigenvalue weighted by atomic mass is 10.0. The van der Waals surface area contributed by atoms with Crippen LogP contribution in [0.1, 0.15) is 26.9 Å². The Bertz CT molecular complexity index is 844. The molecule has 1 atom stereocenters. The number of para-hydroxylation sites is 1. The van der Waals surface area contributed by atoms with Crippen molar-refractivity contribution >= 4 is 22.7 Å². The second-order valence-corrected chi connectivity index (χ2v) is 4.80. The second-order valence-electron chi connectivity index (χ2n) is 4.80. The summed E-state index contributed by atoms with van der Waals surface area (Å²) in [6.45, 7) is 0. The number of hydrogen-bond acceptors (Lipinski definition) is 2. The number of nitrogens with zero attached hydrogens (tertiary/aromatic N) is 1. The average molecular weight is 265 g/mol. The normalized spacial score (nSPS) is 18.1. The fourth-order valence-corrected chi connectivity index (χ4v) is 2.71. The number of aromatic nitrogens is 2. The maximum atomic E-state index is 12.5. The summed E-state index contributed by atoms with van der Waals surface area (Å²) < 4.78 is 1.41. The van der Waals surface area contributed by atoms with E-state index in [1.165, 1.54) is 4.57 Å². The van der Waals surface area contributed by atoms with Gasteiger partial charge in [0.05, 0.1) is 0 Å². The molecule has 5 heteroatoms. The molecule has 0 saturated carbocycles. The average Bonchev–Trinajstić information content (AvgIpc) is 3.09. The van der Waals surface area contributed by atoms with Gasteiger partial charge in [-0.1, -0.05) is 18.2 Å². The van der Waals surface area contributed by atoms with Crippen molar-refractivity contribution in [3.05, 3.63) is 60.0 Å². The molecule has 5 nitrogen and oxygen atoms in total. The highest BCUT2D eigenvalue weighted by Crippen LogP contribution is 2.28. The van der Waals surface area contributed by atoms with E-state index in [4.69, 9.17) is 0 Å². The quantitative estimate of drug-likeness (QED) is 0.707. The van der Waals surface area contributed by atoms with Gasteiger partial charge in [-0.3, -0.25) is 14.2 Å². The molecule has 0 fully saturated rings. The first-order valence-corrected chi connectivity index (χ1v) is 6.34. The van der Waals surface area contributed by atoms with Gasteiger partial charge >= 0.3 is 0 Å². The van der Waals surface area contributed by atoms with Crippen LogP contribution in [0, 0.1) is 0 Å². The van der Waals surface area contributed by atoms with E-state index in [1.54, 1.807) is 24.5 Å². The van der Waals surface area contributed by atoms with Gasteiger partial charge in [0, 0.05) is 28.9 Å². The number of benzene rings is 1. The van der Waals surface area contributed by atoms with Crippen molar-refractivity contribution in [2.75, 3.05) is 0 Å². The van der Waals surface area contributed by atoms with E-state index >= 15 is 0 Å². The fraction of sp³-hybridized carbons (Fsp3) is 0.0667. The van der Waals surface area contributed by atoms with E-state index in [0.717, 1.165) is 16.5 Å². The molecule has 3 heterocycles. The second kappa shape index (κ2) is 3.84.